The summed E-state index contributed by atoms with van der Waals surface area (Å²) in [5, 5.41) is 0.611. The van der Waals surface area contributed by atoms with Crippen molar-refractivity contribution in [1.82, 2.24) is 4.98 Å². The first-order valence-electron chi connectivity index (χ1n) is 11.4. The van der Waals surface area contributed by atoms with Crippen molar-refractivity contribution >= 4 is 68.1 Å². The van der Waals surface area contributed by atoms with Crippen molar-refractivity contribution < 1.29 is 14.3 Å². The molecule has 0 spiro atoms. The SMILES string of the molecule is O=C1[C@H]2[C@H](c3ccccc3OCc3ccc(Cl)cc3)c3sc(=O)[nH]c3S[C@H]2C(=O)N1c1ccc(Br)cc1. The van der Waals surface area contributed by atoms with Crippen molar-refractivity contribution in [2.75, 3.05) is 4.90 Å². The number of benzene rings is 3. The number of hydrogen-bond acceptors (Lipinski definition) is 6. The topological polar surface area (TPSA) is 79.5 Å². The van der Waals surface area contributed by atoms with Gasteiger partial charge in [0.1, 0.15) is 17.6 Å². The third-order valence-electron chi connectivity index (χ3n) is 6.47. The molecule has 10 heteroatoms. The highest BCUT2D eigenvalue weighted by molar-refractivity contribution is 9.10. The van der Waals surface area contributed by atoms with Gasteiger partial charge in [-0.2, -0.15) is 0 Å². The van der Waals surface area contributed by atoms with Gasteiger partial charge in [-0.1, -0.05) is 81.0 Å². The van der Waals surface area contributed by atoms with Gasteiger partial charge < -0.3 is 9.72 Å². The number of carbonyl (C=O) groups is 2. The number of hydrogen-bond donors (Lipinski definition) is 1. The Bertz CT molecular complexity index is 1570. The lowest BCUT2D eigenvalue weighted by atomic mass is 9.82. The summed E-state index contributed by atoms with van der Waals surface area (Å²) in [7, 11) is 0. The molecule has 3 atom stereocenters. The number of fused-ring (bicyclic) bond motifs is 2. The van der Waals surface area contributed by atoms with Gasteiger partial charge in [0.05, 0.1) is 16.6 Å². The molecule has 3 heterocycles. The highest BCUT2D eigenvalue weighted by Gasteiger charge is 2.56. The van der Waals surface area contributed by atoms with Crippen molar-refractivity contribution in [1.29, 1.82) is 0 Å². The number of thiazole rings is 1. The van der Waals surface area contributed by atoms with Crippen LogP contribution in [0, 0.1) is 5.92 Å². The Morgan fingerprint density at radius 1 is 0.946 bits per heavy atom. The summed E-state index contributed by atoms with van der Waals surface area (Å²) < 4.78 is 7.08. The van der Waals surface area contributed by atoms with E-state index in [1.807, 2.05) is 36.4 Å². The molecule has 1 aromatic heterocycles. The Morgan fingerprint density at radius 2 is 1.68 bits per heavy atom. The summed E-state index contributed by atoms with van der Waals surface area (Å²) in [4.78, 5) is 44.6. The third kappa shape index (κ3) is 4.44. The molecule has 2 aliphatic heterocycles. The van der Waals surface area contributed by atoms with E-state index in [1.165, 1.54) is 16.7 Å². The van der Waals surface area contributed by atoms with Gasteiger partial charge in [0.2, 0.25) is 11.8 Å². The monoisotopic (exact) mass is 612 g/mol. The van der Waals surface area contributed by atoms with Crippen molar-refractivity contribution in [2.24, 2.45) is 5.92 Å². The molecule has 1 N–H and O–H groups in total. The largest absolute Gasteiger partial charge is 0.489 e. The first-order chi connectivity index (χ1) is 17.9. The van der Waals surface area contributed by atoms with Gasteiger partial charge in [-0.25, -0.2) is 4.90 Å². The van der Waals surface area contributed by atoms with Crippen LogP contribution in [-0.2, 0) is 16.2 Å². The van der Waals surface area contributed by atoms with Crippen LogP contribution in [-0.4, -0.2) is 22.0 Å². The Kier molecular flexibility index (Phi) is 6.48. The van der Waals surface area contributed by atoms with E-state index in [2.05, 4.69) is 20.9 Å². The number of nitrogens with one attached hydrogen (secondary N) is 1. The van der Waals surface area contributed by atoms with E-state index >= 15 is 0 Å². The summed E-state index contributed by atoms with van der Waals surface area (Å²) in [5.41, 5.74) is 2.23. The third-order valence-corrected chi connectivity index (χ3v) is 9.65. The standard InChI is InChI=1S/C27H18BrClN2O4S2/c28-15-7-11-17(12-8-15)31-25(32)21-20(22-24(30-27(34)37-22)36-23(21)26(31)33)18-3-1-2-4-19(18)35-13-14-5-9-16(29)10-6-14/h1-12,20-21,23H,13H2,(H,30,34)/t20-,21-,23+/m0/s1. The minimum Gasteiger partial charge on any atom is -0.489 e. The molecule has 186 valence electrons. The predicted octanol–water partition coefficient (Wildman–Crippen LogP) is 6.23. The molecule has 2 amide bonds. The van der Waals surface area contributed by atoms with Crippen molar-refractivity contribution in [2.45, 2.75) is 22.8 Å². The number of aromatic nitrogens is 1. The van der Waals surface area contributed by atoms with Crippen LogP contribution < -0.4 is 14.5 Å². The van der Waals surface area contributed by atoms with E-state index < -0.39 is 17.1 Å². The summed E-state index contributed by atoms with van der Waals surface area (Å²) in [5.74, 6) is -1.16. The number of H-pyrrole nitrogens is 1. The van der Waals surface area contributed by atoms with Crippen molar-refractivity contribution in [3.63, 3.8) is 0 Å². The number of imide groups is 1. The zero-order valence-electron chi connectivity index (χ0n) is 19.0. The van der Waals surface area contributed by atoms with Crippen LogP contribution in [0.3, 0.4) is 0 Å². The molecule has 2 aliphatic rings. The molecule has 1 saturated heterocycles. The molecule has 1 fully saturated rings. The van der Waals surface area contributed by atoms with Crippen molar-refractivity contribution in [3.05, 3.63) is 108 Å². The molecule has 6 rings (SSSR count). The van der Waals surface area contributed by atoms with Gasteiger partial charge >= 0.3 is 4.87 Å². The first-order valence-corrected chi connectivity index (χ1v) is 14.3. The molecule has 0 saturated carbocycles. The summed E-state index contributed by atoms with van der Waals surface area (Å²) in [6.45, 7) is 0.303. The molecule has 0 bridgehead atoms. The number of amides is 2. The van der Waals surface area contributed by atoms with Gasteiger partial charge in [0.25, 0.3) is 0 Å². The molecule has 4 aromatic rings. The number of aromatic amines is 1. The smallest absolute Gasteiger partial charge is 0.305 e. The lowest BCUT2D eigenvalue weighted by Crippen LogP contribution is -2.32. The number of halogens is 2. The summed E-state index contributed by atoms with van der Waals surface area (Å²) in [6.07, 6.45) is 0. The highest BCUT2D eigenvalue weighted by atomic mass is 79.9. The molecular weight excluding hydrogens is 596 g/mol. The fraction of sp³-hybridized carbons (Fsp3) is 0.148. The molecule has 6 nitrogen and oxygen atoms in total. The number of carbonyl (C=O) groups excluding carboxylic acids is 2. The van der Waals surface area contributed by atoms with E-state index in [0.717, 1.165) is 31.8 Å². The second kappa shape index (κ2) is 9.79. The maximum absolute atomic E-state index is 13.9. The Hall–Kier alpha value is -2.85. The van der Waals surface area contributed by atoms with Gasteiger partial charge in [-0.05, 0) is 48.0 Å². The molecule has 37 heavy (non-hydrogen) atoms. The minimum atomic E-state index is -0.680. The van der Waals surface area contributed by atoms with E-state index in [0.29, 0.717) is 28.1 Å². The minimum absolute atomic E-state index is 0.216. The molecule has 0 radical (unpaired) electrons. The highest BCUT2D eigenvalue weighted by Crippen LogP contribution is 2.54. The van der Waals surface area contributed by atoms with Gasteiger partial charge in [-0.15, -0.1) is 0 Å². The summed E-state index contributed by atoms with van der Waals surface area (Å²) >= 11 is 11.8. The molecular formula is C27H18BrClN2O4S2. The van der Waals surface area contributed by atoms with Crippen LogP contribution >= 0.6 is 50.6 Å². The molecule has 0 aliphatic carbocycles. The van der Waals surface area contributed by atoms with Crippen LogP contribution in [0.1, 0.15) is 21.9 Å². The fourth-order valence-electron chi connectivity index (χ4n) is 4.81. The van der Waals surface area contributed by atoms with E-state index in [1.54, 1.807) is 36.4 Å². The van der Waals surface area contributed by atoms with Crippen LogP contribution in [0.5, 0.6) is 5.75 Å². The normalized spacial score (nSPS) is 20.6. The van der Waals surface area contributed by atoms with Crippen LogP contribution in [0.25, 0.3) is 0 Å². The second-order valence-electron chi connectivity index (χ2n) is 8.69. The van der Waals surface area contributed by atoms with Gasteiger partial charge in [0, 0.05) is 25.9 Å². The predicted molar refractivity (Wildman–Crippen MR) is 149 cm³/mol. The average Bonchev–Trinajstić information content (AvgIpc) is 3.39. The number of thioether (sulfide) groups is 1. The van der Waals surface area contributed by atoms with E-state index in [9.17, 15) is 14.4 Å². The lowest BCUT2D eigenvalue weighted by Gasteiger charge is -2.30. The zero-order valence-corrected chi connectivity index (χ0v) is 23.0. The molecule has 3 aromatic carbocycles. The van der Waals surface area contributed by atoms with Crippen LogP contribution in [0.4, 0.5) is 5.69 Å². The first kappa shape index (κ1) is 24.5. The summed E-state index contributed by atoms with van der Waals surface area (Å²) in [6, 6.07) is 22.0. The van der Waals surface area contributed by atoms with Gasteiger partial charge in [-0.3, -0.25) is 14.4 Å². The lowest BCUT2D eigenvalue weighted by molar-refractivity contribution is -0.122. The average molecular weight is 614 g/mol. The van der Waals surface area contributed by atoms with Gasteiger partial charge in [0.15, 0.2) is 0 Å². The fourth-order valence-corrected chi connectivity index (χ4v) is 7.70. The maximum atomic E-state index is 13.9. The number of anilines is 1. The number of rotatable bonds is 5. The number of para-hydroxylation sites is 1. The Morgan fingerprint density at radius 3 is 2.43 bits per heavy atom. The second-order valence-corrected chi connectivity index (χ2v) is 12.2. The zero-order chi connectivity index (χ0) is 25.7. The van der Waals surface area contributed by atoms with Crippen molar-refractivity contribution in [3.8, 4) is 5.75 Å². The quantitative estimate of drug-likeness (QED) is 0.270. The molecule has 0 unspecified atom stereocenters. The Labute approximate surface area is 233 Å². The Balaban J connectivity index is 1.41. The van der Waals surface area contributed by atoms with E-state index in [-0.39, 0.29) is 16.7 Å². The van der Waals surface area contributed by atoms with Crippen LogP contribution in [0.2, 0.25) is 5.02 Å². The number of ether oxygens (including phenoxy) is 1. The van der Waals surface area contributed by atoms with E-state index in [4.69, 9.17) is 16.3 Å². The van der Waals surface area contributed by atoms with Crippen LogP contribution in [0.15, 0.2) is 87.1 Å². The number of nitrogens with zero attached hydrogens (tertiary/aromatic N) is 1. The maximum Gasteiger partial charge on any atom is 0.305 e.